The standard InChI is InChI=1S/C20H17F4N5O2/c1-29-14(9-15(28-29)20(22,23)24)17(30)27-19(6-7-19)11-3-4-13(26-10-11)12-5-8-25-18(31-2)16(12)21/h3-5,8-10H,6-7H2,1-2H3,(H,27,30). The lowest BCUT2D eigenvalue weighted by atomic mass is 10.0. The molecule has 11 heteroatoms. The molecule has 3 heterocycles. The quantitative estimate of drug-likeness (QED) is 0.621. The van der Waals surface area contributed by atoms with Crippen molar-refractivity contribution < 1.29 is 27.1 Å². The molecule has 1 amide bonds. The lowest BCUT2D eigenvalue weighted by Gasteiger charge is -2.18. The largest absolute Gasteiger partial charge is 0.479 e. The highest BCUT2D eigenvalue weighted by Gasteiger charge is 2.46. The number of alkyl halides is 3. The van der Waals surface area contributed by atoms with E-state index >= 15 is 0 Å². The summed E-state index contributed by atoms with van der Waals surface area (Å²) in [7, 11) is 2.59. The van der Waals surface area contributed by atoms with Crippen molar-refractivity contribution in [2.45, 2.75) is 24.6 Å². The van der Waals surface area contributed by atoms with Gasteiger partial charge in [-0.2, -0.15) is 18.3 Å². The van der Waals surface area contributed by atoms with E-state index in [9.17, 15) is 22.4 Å². The second-order valence-electron chi connectivity index (χ2n) is 7.19. The molecule has 1 aliphatic carbocycles. The number of carbonyl (C=O) groups is 1. The van der Waals surface area contributed by atoms with E-state index in [1.807, 2.05) is 0 Å². The molecule has 7 nitrogen and oxygen atoms in total. The molecular weight excluding hydrogens is 418 g/mol. The van der Waals surface area contributed by atoms with Crippen LogP contribution in [0.2, 0.25) is 0 Å². The van der Waals surface area contributed by atoms with Crippen molar-refractivity contribution in [2.75, 3.05) is 7.11 Å². The summed E-state index contributed by atoms with van der Waals surface area (Å²) in [5.41, 5.74) is -0.837. The van der Waals surface area contributed by atoms with Gasteiger partial charge in [0.15, 0.2) is 11.5 Å². The molecule has 1 N–H and O–H groups in total. The molecule has 3 aromatic heterocycles. The molecule has 31 heavy (non-hydrogen) atoms. The zero-order valence-corrected chi connectivity index (χ0v) is 16.5. The Balaban J connectivity index is 1.56. The first-order valence-corrected chi connectivity index (χ1v) is 9.24. The summed E-state index contributed by atoms with van der Waals surface area (Å²) in [6, 6.07) is 5.49. The molecule has 162 valence electrons. The number of methoxy groups -OCH3 is 1. The van der Waals surface area contributed by atoms with Gasteiger partial charge in [0.2, 0.25) is 0 Å². The van der Waals surface area contributed by atoms with Crippen LogP contribution < -0.4 is 10.1 Å². The van der Waals surface area contributed by atoms with Crippen molar-refractivity contribution in [1.82, 2.24) is 25.1 Å². The number of halogens is 4. The van der Waals surface area contributed by atoms with Gasteiger partial charge < -0.3 is 10.1 Å². The van der Waals surface area contributed by atoms with Gasteiger partial charge in [0.25, 0.3) is 11.8 Å². The predicted octanol–water partition coefficient (Wildman–Crippen LogP) is 3.46. The number of hydrogen-bond acceptors (Lipinski definition) is 5. The molecule has 1 saturated carbocycles. The number of ether oxygens (including phenoxy) is 1. The van der Waals surface area contributed by atoms with Crippen molar-refractivity contribution in [2.24, 2.45) is 7.05 Å². The van der Waals surface area contributed by atoms with E-state index in [1.54, 1.807) is 12.1 Å². The highest BCUT2D eigenvalue weighted by atomic mass is 19.4. The molecule has 1 fully saturated rings. The predicted molar refractivity (Wildman–Crippen MR) is 101 cm³/mol. The lowest BCUT2D eigenvalue weighted by Crippen LogP contribution is -2.36. The maximum absolute atomic E-state index is 14.4. The van der Waals surface area contributed by atoms with Crippen molar-refractivity contribution >= 4 is 5.91 Å². The van der Waals surface area contributed by atoms with Gasteiger partial charge in [0.05, 0.1) is 18.3 Å². The number of hydrogen-bond donors (Lipinski definition) is 1. The topological polar surface area (TPSA) is 81.9 Å². The Labute approximate surface area is 174 Å². The van der Waals surface area contributed by atoms with Gasteiger partial charge in [-0.05, 0) is 30.5 Å². The highest BCUT2D eigenvalue weighted by Crippen LogP contribution is 2.46. The molecule has 4 rings (SSSR count). The monoisotopic (exact) mass is 435 g/mol. The van der Waals surface area contributed by atoms with Gasteiger partial charge in [0.1, 0.15) is 5.69 Å². The average Bonchev–Trinajstić information content (AvgIpc) is 3.39. The Morgan fingerprint density at radius 1 is 1.23 bits per heavy atom. The van der Waals surface area contributed by atoms with Crippen LogP contribution in [-0.2, 0) is 18.8 Å². The minimum atomic E-state index is -4.64. The van der Waals surface area contributed by atoms with E-state index in [2.05, 4.69) is 20.4 Å². The third kappa shape index (κ3) is 3.82. The van der Waals surface area contributed by atoms with Gasteiger partial charge in [-0.15, -0.1) is 0 Å². The first-order chi connectivity index (χ1) is 14.6. The van der Waals surface area contributed by atoms with Crippen LogP contribution in [0, 0.1) is 5.82 Å². The Morgan fingerprint density at radius 2 is 1.97 bits per heavy atom. The Bertz CT molecular complexity index is 1140. The molecule has 0 spiro atoms. The molecule has 0 aliphatic heterocycles. The van der Waals surface area contributed by atoms with Crippen LogP contribution in [0.1, 0.15) is 34.6 Å². The molecule has 1 aliphatic rings. The number of nitrogens with zero attached hydrogens (tertiary/aromatic N) is 4. The van der Waals surface area contributed by atoms with Crippen LogP contribution in [0.5, 0.6) is 5.88 Å². The van der Waals surface area contributed by atoms with Gasteiger partial charge in [-0.1, -0.05) is 6.07 Å². The van der Waals surface area contributed by atoms with Crippen LogP contribution in [0.15, 0.2) is 36.7 Å². The van der Waals surface area contributed by atoms with Gasteiger partial charge >= 0.3 is 6.18 Å². The third-order valence-corrected chi connectivity index (χ3v) is 5.15. The van der Waals surface area contributed by atoms with Crippen LogP contribution in [-0.4, -0.2) is 32.8 Å². The number of aryl methyl sites for hydroxylation is 1. The number of aromatic nitrogens is 4. The summed E-state index contributed by atoms with van der Waals surface area (Å²) in [6.07, 6.45) is -0.529. The fourth-order valence-electron chi connectivity index (χ4n) is 3.31. The number of rotatable bonds is 5. The summed E-state index contributed by atoms with van der Waals surface area (Å²) in [5, 5.41) is 6.14. The summed E-state index contributed by atoms with van der Waals surface area (Å²) >= 11 is 0. The van der Waals surface area contributed by atoms with Crippen LogP contribution in [0.3, 0.4) is 0 Å². The molecule has 0 saturated heterocycles. The maximum Gasteiger partial charge on any atom is 0.435 e. The van der Waals surface area contributed by atoms with E-state index < -0.39 is 29.1 Å². The zero-order valence-electron chi connectivity index (χ0n) is 16.5. The summed E-state index contributed by atoms with van der Waals surface area (Å²) in [5.74, 6) is -1.46. The summed E-state index contributed by atoms with van der Waals surface area (Å²) < 4.78 is 58.8. The normalized spacial score (nSPS) is 14.9. The second-order valence-corrected chi connectivity index (χ2v) is 7.19. The number of nitrogens with one attached hydrogen (secondary N) is 1. The molecule has 0 aromatic carbocycles. The highest BCUT2D eigenvalue weighted by molar-refractivity contribution is 5.93. The van der Waals surface area contributed by atoms with Crippen molar-refractivity contribution in [3.8, 4) is 17.1 Å². The summed E-state index contributed by atoms with van der Waals surface area (Å²) in [4.78, 5) is 20.7. The minimum Gasteiger partial charge on any atom is -0.479 e. The Hall–Kier alpha value is -3.50. The second kappa shape index (κ2) is 7.33. The SMILES string of the molecule is COc1nccc(-c2ccc(C3(NC(=O)c4cc(C(F)(F)F)nn4C)CC3)cn2)c1F. The molecule has 0 bridgehead atoms. The average molecular weight is 435 g/mol. The first-order valence-electron chi connectivity index (χ1n) is 9.24. The lowest BCUT2D eigenvalue weighted by molar-refractivity contribution is -0.141. The number of carbonyl (C=O) groups excluding carboxylic acids is 1. The Kier molecular flexibility index (Phi) is 4.91. The van der Waals surface area contributed by atoms with E-state index in [0.717, 1.165) is 4.68 Å². The fraction of sp³-hybridized carbons (Fsp3) is 0.300. The minimum absolute atomic E-state index is 0.149. The molecule has 0 unspecified atom stereocenters. The molecule has 0 radical (unpaired) electrons. The maximum atomic E-state index is 14.4. The van der Waals surface area contributed by atoms with Crippen LogP contribution >= 0.6 is 0 Å². The van der Waals surface area contributed by atoms with Crippen molar-refractivity contribution in [3.63, 3.8) is 0 Å². The van der Waals surface area contributed by atoms with Crippen molar-refractivity contribution in [3.05, 3.63) is 59.4 Å². The zero-order chi connectivity index (χ0) is 22.4. The number of amides is 1. The van der Waals surface area contributed by atoms with Gasteiger partial charge in [0, 0.05) is 31.1 Å². The van der Waals surface area contributed by atoms with E-state index in [-0.39, 0.29) is 17.1 Å². The van der Waals surface area contributed by atoms with E-state index in [1.165, 1.54) is 32.6 Å². The van der Waals surface area contributed by atoms with Crippen LogP contribution in [0.4, 0.5) is 17.6 Å². The molecular formula is C20H17F4N5O2. The first kappa shape index (κ1) is 20.8. The van der Waals surface area contributed by atoms with Crippen molar-refractivity contribution in [1.29, 1.82) is 0 Å². The fourth-order valence-corrected chi connectivity index (χ4v) is 3.31. The van der Waals surface area contributed by atoms with E-state index in [4.69, 9.17) is 4.74 Å². The molecule has 3 aromatic rings. The van der Waals surface area contributed by atoms with E-state index in [0.29, 0.717) is 30.2 Å². The smallest absolute Gasteiger partial charge is 0.435 e. The van der Waals surface area contributed by atoms with Crippen LogP contribution in [0.25, 0.3) is 11.3 Å². The number of pyridine rings is 2. The summed E-state index contributed by atoms with van der Waals surface area (Å²) in [6.45, 7) is 0. The third-order valence-electron chi connectivity index (χ3n) is 5.15. The molecule has 0 atom stereocenters. The Morgan fingerprint density at radius 3 is 2.52 bits per heavy atom. The van der Waals surface area contributed by atoms with Gasteiger partial charge in [-0.3, -0.25) is 14.5 Å². The van der Waals surface area contributed by atoms with Gasteiger partial charge in [-0.25, -0.2) is 9.37 Å².